The minimum absolute atomic E-state index is 0. The van der Waals surface area contributed by atoms with Crippen LogP contribution in [0.3, 0.4) is 0 Å². The van der Waals surface area contributed by atoms with Gasteiger partial charge in [-0.15, -0.1) is 12.4 Å². The third-order valence-electron chi connectivity index (χ3n) is 3.58. The van der Waals surface area contributed by atoms with Gasteiger partial charge in [-0.1, -0.05) is 6.07 Å². The van der Waals surface area contributed by atoms with Crippen LogP contribution in [0, 0.1) is 5.82 Å². The third-order valence-corrected chi connectivity index (χ3v) is 3.58. The Hall–Kier alpha value is -1.13. The lowest BCUT2D eigenvalue weighted by molar-refractivity contribution is 0.0180. The molecule has 1 aromatic carbocycles. The SMILES string of the molecule is Cl.O=C1CC2(CCNCC2)Oc2cccc(F)c21. The summed E-state index contributed by atoms with van der Waals surface area (Å²) in [6.07, 6.45) is 1.89. The van der Waals surface area contributed by atoms with Gasteiger partial charge in [0.2, 0.25) is 0 Å². The Labute approximate surface area is 111 Å². The van der Waals surface area contributed by atoms with E-state index in [1.165, 1.54) is 6.07 Å². The van der Waals surface area contributed by atoms with E-state index >= 15 is 0 Å². The number of Topliss-reactive ketones (excluding diaryl/α,β-unsaturated/α-hetero) is 1. The van der Waals surface area contributed by atoms with Crippen LogP contribution in [0.1, 0.15) is 29.6 Å². The van der Waals surface area contributed by atoms with Crippen molar-refractivity contribution in [2.24, 2.45) is 0 Å². The van der Waals surface area contributed by atoms with Crippen molar-refractivity contribution < 1.29 is 13.9 Å². The molecule has 5 heteroatoms. The van der Waals surface area contributed by atoms with E-state index in [4.69, 9.17) is 4.74 Å². The summed E-state index contributed by atoms with van der Waals surface area (Å²) in [6.45, 7) is 1.69. The summed E-state index contributed by atoms with van der Waals surface area (Å²) in [5.74, 6) is -0.203. The second-order valence-electron chi connectivity index (χ2n) is 4.75. The number of nitrogens with one attached hydrogen (secondary N) is 1. The van der Waals surface area contributed by atoms with Crippen molar-refractivity contribution in [1.29, 1.82) is 0 Å². The monoisotopic (exact) mass is 271 g/mol. The molecule has 0 atom stereocenters. The number of halogens is 2. The van der Waals surface area contributed by atoms with Gasteiger partial charge in [0.05, 0.1) is 12.0 Å². The van der Waals surface area contributed by atoms with Crippen LogP contribution in [0.15, 0.2) is 18.2 Å². The highest BCUT2D eigenvalue weighted by molar-refractivity contribution is 6.00. The van der Waals surface area contributed by atoms with Gasteiger partial charge in [-0.05, 0) is 25.2 Å². The molecule has 2 heterocycles. The normalized spacial score (nSPS) is 20.8. The summed E-state index contributed by atoms with van der Waals surface area (Å²) in [7, 11) is 0. The second-order valence-corrected chi connectivity index (χ2v) is 4.75. The van der Waals surface area contributed by atoms with E-state index in [2.05, 4.69) is 5.32 Å². The van der Waals surface area contributed by atoms with Crippen molar-refractivity contribution >= 4 is 18.2 Å². The summed E-state index contributed by atoms with van der Waals surface area (Å²) >= 11 is 0. The first kappa shape index (κ1) is 13.3. The number of fused-ring (bicyclic) bond motifs is 1. The summed E-state index contributed by atoms with van der Waals surface area (Å²) in [6, 6.07) is 4.57. The quantitative estimate of drug-likeness (QED) is 0.787. The number of carbonyl (C=O) groups is 1. The van der Waals surface area contributed by atoms with Crippen LogP contribution >= 0.6 is 12.4 Å². The molecule has 1 spiro atoms. The van der Waals surface area contributed by atoms with E-state index in [0.29, 0.717) is 12.2 Å². The fraction of sp³-hybridized carbons (Fsp3) is 0.462. The fourth-order valence-corrected chi connectivity index (χ4v) is 2.67. The van der Waals surface area contributed by atoms with E-state index in [1.54, 1.807) is 12.1 Å². The zero-order valence-electron chi connectivity index (χ0n) is 9.87. The highest BCUT2D eigenvalue weighted by atomic mass is 35.5. The third kappa shape index (κ3) is 2.10. The summed E-state index contributed by atoms with van der Waals surface area (Å²) < 4.78 is 19.5. The number of piperidine rings is 1. The molecule has 3 rings (SSSR count). The molecule has 1 N–H and O–H groups in total. The molecule has 1 saturated heterocycles. The zero-order valence-corrected chi connectivity index (χ0v) is 10.7. The van der Waals surface area contributed by atoms with Crippen molar-refractivity contribution in [2.45, 2.75) is 24.9 Å². The Kier molecular flexibility index (Phi) is 3.59. The smallest absolute Gasteiger partial charge is 0.173 e. The molecule has 0 unspecified atom stereocenters. The molecule has 0 aromatic heterocycles. The predicted octanol–water partition coefficient (Wildman–Crippen LogP) is 2.33. The van der Waals surface area contributed by atoms with Crippen LogP contribution in [0.25, 0.3) is 0 Å². The van der Waals surface area contributed by atoms with Crippen LogP contribution in [0.5, 0.6) is 5.75 Å². The molecular formula is C13H15ClFNO2. The van der Waals surface area contributed by atoms with Gasteiger partial charge in [0.15, 0.2) is 5.78 Å². The highest BCUT2D eigenvalue weighted by Gasteiger charge is 2.42. The van der Waals surface area contributed by atoms with E-state index in [9.17, 15) is 9.18 Å². The predicted molar refractivity (Wildman–Crippen MR) is 68.1 cm³/mol. The molecule has 3 nitrogen and oxygen atoms in total. The maximum atomic E-state index is 13.6. The number of ketones is 1. The lowest BCUT2D eigenvalue weighted by Gasteiger charge is -2.40. The molecule has 0 radical (unpaired) electrons. The van der Waals surface area contributed by atoms with Crippen LogP contribution in [0.4, 0.5) is 4.39 Å². The Bertz CT molecular complexity index is 472. The van der Waals surface area contributed by atoms with Gasteiger partial charge in [-0.3, -0.25) is 4.79 Å². The molecular weight excluding hydrogens is 257 g/mol. The average Bonchev–Trinajstić information content (AvgIpc) is 2.29. The first-order chi connectivity index (χ1) is 8.20. The van der Waals surface area contributed by atoms with Crippen molar-refractivity contribution in [1.82, 2.24) is 5.32 Å². The minimum Gasteiger partial charge on any atom is -0.486 e. The molecule has 0 aliphatic carbocycles. The van der Waals surface area contributed by atoms with Crippen LogP contribution in [-0.4, -0.2) is 24.5 Å². The van der Waals surface area contributed by atoms with E-state index in [-0.39, 0.29) is 23.8 Å². The number of carbonyl (C=O) groups excluding carboxylic acids is 1. The van der Waals surface area contributed by atoms with Crippen LogP contribution in [0.2, 0.25) is 0 Å². The first-order valence-electron chi connectivity index (χ1n) is 5.92. The first-order valence-corrected chi connectivity index (χ1v) is 5.92. The van der Waals surface area contributed by atoms with Crippen molar-refractivity contribution in [2.75, 3.05) is 13.1 Å². The van der Waals surface area contributed by atoms with Gasteiger partial charge in [-0.2, -0.15) is 0 Å². The number of rotatable bonds is 0. The Morgan fingerprint density at radius 3 is 2.72 bits per heavy atom. The van der Waals surface area contributed by atoms with Gasteiger partial charge >= 0.3 is 0 Å². The van der Waals surface area contributed by atoms with Gasteiger partial charge in [-0.25, -0.2) is 4.39 Å². The topological polar surface area (TPSA) is 38.3 Å². The maximum Gasteiger partial charge on any atom is 0.173 e. The second kappa shape index (κ2) is 4.86. The number of hydrogen-bond acceptors (Lipinski definition) is 3. The lowest BCUT2D eigenvalue weighted by atomic mass is 9.83. The fourth-order valence-electron chi connectivity index (χ4n) is 2.67. The minimum atomic E-state index is -0.476. The molecule has 98 valence electrons. The van der Waals surface area contributed by atoms with E-state index < -0.39 is 11.4 Å². The molecule has 2 aliphatic heterocycles. The van der Waals surface area contributed by atoms with Crippen molar-refractivity contribution in [3.63, 3.8) is 0 Å². The Balaban J connectivity index is 0.00000120. The zero-order chi connectivity index (χ0) is 11.9. The number of ether oxygens (including phenoxy) is 1. The maximum absolute atomic E-state index is 13.6. The molecule has 0 amide bonds. The largest absolute Gasteiger partial charge is 0.486 e. The van der Waals surface area contributed by atoms with E-state index in [0.717, 1.165) is 25.9 Å². The summed E-state index contributed by atoms with van der Waals surface area (Å²) in [4.78, 5) is 12.0. The number of hydrogen-bond donors (Lipinski definition) is 1. The van der Waals surface area contributed by atoms with Crippen LogP contribution < -0.4 is 10.1 Å². The van der Waals surface area contributed by atoms with Gasteiger partial charge in [0.1, 0.15) is 17.2 Å². The van der Waals surface area contributed by atoms with Crippen LogP contribution in [-0.2, 0) is 0 Å². The summed E-state index contributed by atoms with van der Waals surface area (Å²) in [5, 5.41) is 3.24. The molecule has 1 fully saturated rings. The van der Waals surface area contributed by atoms with Gasteiger partial charge in [0, 0.05) is 12.8 Å². The molecule has 2 aliphatic rings. The molecule has 0 saturated carbocycles. The standard InChI is InChI=1S/C13H14FNO2.ClH/c14-9-2-1-3-11-12(9)10(16)8-13(17-11)4-6-15-7-5-13;/h1-3,15H,4-8H2;1H. The van der Waals surface area contributed by atoms with Crippen molar-refractivity contribution in [3.05, 3.63) is 29.6 Å². The van der Waals surface area contributed by atoms with Gasteiger partial charge < -0.3 is 10.1 Å². The summed E-state index contributed by atoms with van der Waals surface area (Å²) in [5.41, 5.74) is -0.292. The highest BCUT2D eigenvalue weighted by Crippen LogP contribution is 2.38. The van der Waals surface area contributed by atoms with E-state index in [1.807, 2.05) is 0 Å². The molecule has 0 bridgehead atoms. The van der Waals surface area contributed by atoms with Gasteiger partial charge in [0.25, 0.3) is 0 Å². The lowest BCUT2D eigenvalue weighted by Crippen LogP contribution is -2.49. The Morgan fingerprint density at radius 1 is 1.28 bits per heavy atom. The van der Waals surface area contributed by atoms with Crippen molar-refractivity contribution in [3.8, 4) is 5.75 Å². The molecule has 18 heavy (non-hydrogen) atoms. The average molecular weight is 272 g/mol. The molecule has 1 aromatic rings. The number of benzene rings is 1. The Morgan fingerprint density at radius 2 is 2.00 bits per heavy atom.